The minimum atomic E-state index is 0.280. The number of benzene rings is 1. The molecule has 2 aromatic rings. The van der Waals surface area contributed by atoms with Crippen LogP contribution in [0.1, 0.15) is 12.8 Å². The Balaban J connectivity index is 1.90. The van der Waals surface area contributed by atoms with Gasteiger partial charge in [-0.25, -0.2) is 4.98 Å². The highest BCUT2D eigenvalue weighted by molar-refractivity contribution is 5.94. The van der Waals surface area contributed by atoms with Crippen molar-refractivity contribution in [2.75, 3.05) is 32.7 Å². The lowest BCUT2D eigenvalue weighted by molar-refractivity contribution is 0.120. The quantitative estimate of drug-likeness (QED) is 0.917. The maximum Gasteiger partial charge on any atom is 0.161 e. The zero-order valence-electron chi connectivity index (χ0n) is 12.4. The smallest absolute Gasteiger partial charge is 0.161 e. The van der Waals surface area contributed by atoms with Gasteiger partial charge in [0.05, 0.1) is 20.3 Å². The molecule has 1 aromatic heterocycles. The Kier molecular flexibility index (Phi) is 4.10. The molecule has 112 valence electrons. The summed E-state index contributed by atoms with van der Waals surface area (Å²) in [6, 6.07) is 5.89. The van der Waals surface area contributed by atoms with E-state index >= 15 is 0 Å². The Hall–Kier alpha value is -2.01. The van der Waals surface area contributed by atoms with Gasteiger partial charge in [0.1, 0.15) is 5.82 Å². The molecular formula is C16H20N2O3. The average molecular weight is 288 g/mol. The van der Waals surface area contributed by atoms with Gasteiger partial charge in [0.15, 0.2) is 11.5 Å². The van der Waals surface area contributed by atoms with Crippen molar-refractivity contribution < 1.29 is 14.2 Å². The summed E-state index contributed by atoms with van der Waals surface area (Å²) >= 11 is 0. The molecule has 0 amide bonds. The van der Waals surface area contributed by atoms with Crippen LogP contribution < -0.4 is 14.8 Å². The molecule has 5 heteroatoms. The second-order valence-corrected chi connectivity index (χ2v) is 5.10. The summed E-state index contributed by atoms with van der Waals surface area (Å²) in [6.45, 7) is 1.64. The first-order valence-corrected chi connectivity index (χ1v) is 7.18. The number of nitrogens with zero attached hydrogens (tertiary/aromatic N) is 1. The predicted molar refractivity (Wildman–Crippen MR) is 82.3 cm³/mol. The van der Waals surface area contributed by atoms with Gasteiger partial charge >= 0.3 is 0 Å². The van der Waals surface area contributed by atoms with Crippen LogP contribution in [-0.2, 0) is 4.74 Å². The molecule has 3 rings (SSSR count). The van der Waals surface area contributed by atoms with E-state index in [4.69, 9.17) is 14.2 Å². The summed E-state index contributed by atoms with van der Waals surface area (Å²) in [4.78, 5) is 4.44. The number of hydrogen-bond donors (Lipinski definition) is 1. The van der Waals surface area contributed by atoms with Crippen LogP contribution in [0.15, 0.2) is 24.4 Å². The third-order valence-corrected chi connectivity index (χ3v) is 3.79. The van der Waals surface area contributed by atoms with Crippen molar-refractivity contribution in [3.8, 4) is 11.5 Å². The molecular weight excluding hydrogens is 268 g/mol. The van der Waals surface area contributed by atoms with E-state index < -0.39 is 0 Å². The van der Waals surface area contributed by atoms with Gasteiger partial charge in [0.2, 0.25) is 0 Å². The molecule has 1 aliphatic heterocycles. The minimum Gasteiger partial charge on any atom is -0.493 e. The van der Waals surface area contributed by atoms with E-state index in [0.717, 1.165) is 48.3 Å². The summed E-state index contributed by atoms with van der Waals surface area (Å²) in [5, 5.41) is 5.47. The Morgan fingerprint density at radius 2 is 2.10 bits per heavy atom. The van der Waals surface area contributed by atoms with Crippen molar-refractivity contribution in [2.45, 2.75) is 18.9 Å². The largest absolute Gasteiger partial charge is 0.493 e. The Morgan fingerprint density at radius 3 is 2.81 bits per heavy atom. The highest BCUT2D eigenvalue weighted by atomic mass is 16.5. The van der Waals surface area contributed by atoms with Crippen LogP contribution in [0.4, 0.5) is 5.82 Å². The van der Waals surface area contributed by atoms with Gasteiger partial charge in [-0.2, -0.15) is 0 Å². The molecule has 0 aliphatic carbocycles. The third kappa shape index (κ3) is 2.88. The van der Waals surface area contributed by atoms with Crippen molar-refractivity contribution in [3.63, 3.8) is 0 Å². The summed E-state index contributed by atoms with van der Waals surface area (Å²) in [5.41, 5.74) is 0. The molecule has 1 unspecified atom stereocenters. The first-order chi connectivity index (χ1) is 10.3. The van der Waals surface area contributed by atoms with Gasteiger partial charge in [-0.15, -0.1) is 0 Å². The fourth-order valence-electron chi connectivity index (χ4n) is 2.66. The molecule has 0 spiro atoms. The van der Waals surface area contributed by atoms with Gasteiger partial charge in [0, 0.05) is 24.7 Å². The SMILES string of the molecule is COc1cc2ccnc(NCC3CCCO3)c2cc1OC. The number of ether oxygens (including phenoxy) is 3. The molecule has 1 saturated heterocycles. The number of pyridine rings is 1. The summed E-state index contributed by atoms with van der Waals surface area (Å²) < 4.78 is 16.3. The van der Waals surface area contributed by atoms with Crippen LogP contribution in [-0.4, -0.2) is 38.5 Å². The lowest BCUT2D eigenvalue weighted by Crippen LogP contribution is -2.19. The Bertz CT molecular complexity index is 624. The summed E-state index contributed by atoms with van der Waals surface area (Å²) in [6.07, 6.45) is 4.32. The van der Waals surface area contributed by atoms with Crippen LogP contribution in [0.3, 0.4) is 0 Å². The van der Waals surface area contributed by atoms with E-state index in [1.807, 2.05) is 18.2 Å². The molecule has 0 saturated carbocycles. The standard InChI is InChI=1S/C16H20N2O3/c1-19-14-8-11-5-6-17-16(13(11)9-15(14)20-2)18-10-12-4-3-7-21-12/h5-6,8-9,12H,3-4,7,10H2,1-2H3,(H,17,18). The number of anilines is 1. The Labute approximate surface area is 124 Å². The van der Waals surface area contributed by atoms with Gasteiger partial charge in [-0.1, -0.05) is 0 Å². The van der Waals surface area contributed by atoms with Crippen molar-refractivity contribution in [3.05, 3.63) is 24.4 Å². The van der Waals surface area contributed by atoms with E-state index in [0.29, 0.717) is 5.75 Å². The average Bonchev–Trinajstić information content (AvgIpc) is 3.04. The van der Waals surface area contributed by atoms with Crippen LogP contribution in [0.2, 0.25) is 0 Å². The van der Waals surface area contributed by atoms with Crippen LogP contribution in [0, 0.1) is 0 Å². The molecule has 5 nitrogen and oxygen atoms in total. The van der Waals surface area contributed by atoms with Crippen LogP contribution in [0.5, 0.6) is 11.5 Å². The summed E-state index contributed by atoms with van der Waals surface area (Å²) in [5.74, 6) is 2.28. The van der Waals surface area contributed by atoms with E-state index in [9.17, 15) is 0 Å². The fourth-order valence-corrected chi connectivity index (χ4v) is 2.66. The first kappa shape index (κ1) is 13.9. The lowest BCUT2D eigenvalue weighted by Gasteiger charge is -2.14. The zero-order chi connectivity index (χ0) is 14.7. The van der Waals surface area contributed by atoms with Gasteiger partial charge < -0.3 is 19.5 Å². The van der Waals surface area contributed by atoms with E-state index in [-0.39, 0.29) is 6.10 Å². The Morgan fingerprint density at radius 1 is 1.29 bits per heavy atom. The second-order valence-electron chi connectivity index (χ2n) is 5.10. The van der Waals surface area contributed by atoms with Crippen LogP contribution >= 0.6 is 0 Å². The number of methoxy groups -OCH3 is 2. The number of hydrogen-bond acceptors (Lipinski definition) is 5. The van der Waals surface area contributed by atoms with E-state index in [2.05, 4.69) is 10.3 Å². The van der Waals surface area contributed by atoms with Gasteiger partial charge in [-0.3, -0.25) is 0 Å². The molecule has 1 aliphatic rings. The molecule has 21 heavy (non-hydrogen) atoms. The first-order valence-electron chi connectivity index (χ1n) is 7.18. The number of nitrogens with one attached hydrogen (secondary N) is 1. The molecule has 2 heterocycles. The third-order valence-electron chi connectivity index (χ3n) is 3.79. The summed E-state index contributed by atoms with van der Waals surface area (Å²) in [7, 11) is 3.28. The maximum absolute atomic E-state index is 5.63. The predicted octanol–water partition coefficient (Wildman–Crippen LogP) is 2.84. The molecule has 1 aromatic carbocycles. The van der Waals surface area contributed by atoms with Crippen molar-refractivity contribution >= 4 is 16.6 Å². The minimum absolute atomic E-state index is 0.280. The number of aromatic nitrogens is 1. The van der Waals surface area contributed by atoms with Crippen molar-refractivity contribution in [1.82, 2.24) is 4.98 Å². The monoisotopic (exact) mass is 288 g/mol. The fraction of sp³-hybridized carbons (Fsp3) is 0.438. The normalized spacial score (nSPS) is 17.9. The number of rotatable bonds is 5. The maximum atomic E-state index is 5.63. The highest BCUT2D eigenvalue weighted by Gasteiger charge is 2.16. The van der Waals surface area contributed by atoms with Crippen molar-refractivity contribution in [1.29, 1.82) is 0 Å². The van der Waals surface area contributed by atoms with Gasteiger partial charge in [0.25, 0.3) is 0 Å². The molecule has 0 radical (unpaired) electrons. The molecule has 1 fully saturated rings. The van der Waals surface area contributed by atoms with Crippen LogP contribution in [0.25, 0.3) is 10.8 Å². The number of fused-ring (bicyclic) bond motifs is 1. The van der Waals surface area contributed by atoms with E-state index in [1.165, 1.54) is 0 Å². The molecule has 0 bridgehead atoms. The molecule has 1 atom stereocenters. The van der Waals surface area contributed by atoms with Gasteiger partial charge in [-0.05, 0) is 36.4 Å². The molecule has 1 N–H and O–H groups in total. The highest BCUT2D eigenvalue weighted by Crippen LogP contribution is 2.34. The zero-order valence-corrected chi connectivity index (χ0v) is 12.4. The van der Waals surface area contributed by atoms with E-state index in [1.54, 1.807) is 20.4 Å². The van der Waals surface area contributed by atoms with Crippen molar-refractivity contribution in [2.24, 2.45) is 0 Å². The topological polar surface area (TPSA) is 52.6 Å². The second kappa shape index (κ2) is 6.18. The lowest BCUT2D eigenvalue weighted by atomic mass is 10.1.